The summed E-state index contributed by atoms with van der Waals surface area (Å²) in [7, 11) is 0. The molecule has 196 valence electrons. The molecule has 3 aromatic carbocycles. The van der Waals surface area contributed by atoms with Crippen molar-refractivity contribution in [2.45, 2.75) is 13.3 Å². The Balaban J connectivity index is 1.51. The summed E-state index contributed by atoms with van der Waals surface area (Å²) >= 11 is 0. The summed E-state index contributed by atoms with van der Waals surface area (Å²) in [6.45, 7) is 1.88. The zero-order valence-corrected chi connectivity index (χ0v) is 20.1. The van der Waals surface area contributed by atoms with Gasteiger partial charge in [0.1, 0.15) is 28.6 Å². The van der Waals surface area contributed by atoms with Crippen LogP contribution in [0.1, 0.15) is 28.0 Å². The Kier molecular flexibility index (Phi) is 6.67. The number of non-ortho nitro benzene ring substituents is 1. The number of ether oxygens (including phenoxy) is 1. The number of alkyl halides is 2. The van der Waals surface area contributed by atoms with E-state index in [4.69, 9.17) is 4.74 Å². The molecular weight excluding hydrogens is 515 g/mol. The number of benzene rings is 3. The molecule has 1 N–H and O–H groups in total. The summed E-state index contributed by atoms with van der Waals surface area (Å²) in [5.41, 5.74) is 0.668. The molecule has 39 heavy (non-hydrogen) atoms. The molecule has 12 heteroatoms. The van der Waals surface area contributed by atoms with Crippen molar-refractivity contribution in [3.8, 4) is 22.8 Å². The molecule has 0 saturated carbocycles. The zero-order valence-electron chi connectivity index (χ0n) is 20.1. The average Bonchev–Trinajstić information content (AvgIpc) is 3.34. The Morgan fingerprint density at radius 2 is 1.74 bits per heavy atom. The molecule has 5 aromatic rings. The summed E-state index contributed by atoms with van der Waals surface area (Å²) in [6, 6.07) is 16.8. The normalized spacial score (nSPS) is 11.1. The first-order valence-electron chi connectivity index (χ1n) is 11.5. The van der Waals surface area contributed by atoms with Crippen LogP contribution in [0.4, 0.5) is 24.5 Å². The van der Waals surface area contributed by atoms with Gasteiger partial charge in [0.15, 0.2) is 5.65 Å². The summed E-state index contributed by atoms with van der Waals surface area (Å²) < 4.78 is 47.5. The van der Waals surface area contributed by atoms with Gasteiger partial charge >= 0.3 is 0 Å². The summed E-state index contributed by atoms with van der Waals surface area (Å²) in [6.07, 6.45) is -1.81. The van der Waals surface area contributed by atoms with E-state index >= 15 is 0 Å². The van der Waals surface area contributed by atoms with Gasteiger partial charge in [0.25, 0.3) is 18.0 Å². The van der Waals surface area contributed by atoms with Gasteiger partial charge < -0.3 is 10.1 Å². The molecule has 1 amide bonds. The zero-order chi connectivity index (χ0) is 27.7. The first-order valence-corrected chi connectivity index (χ1v) is 11.5. The number of nitrogens with one attached hydrogen (secondary N) is 1. The molecule has 0 bridgehead atoms. The lowest BCUT2D eigenvalue weighted by molar-refractivity contribution is -0.384. The maximum Gasteiger partial charge on any atom is 0.280 e. The number of aromatic nitrogens is 3. The first kappa shape index (κ1) is 25.4. The van der Waals surface area contributed by atoms with Crippen LogP contribution in [0.2, 0.25) is 0 Å². The van der Waals surface area contributed by atoms with Gasteiger partial charge in [0, 0.05) is 17.7 Å². The van der Waals surface area contributed by atoms with Crippen molar-refractivity contribution in [2.75, 3.05) is 5.32 Å². The molecule has 0 aliphatic heterocycles. The van der Waals surface area contributed by atoms with E-state index in [2.05, 4.69) is 15.4 Å². The molecule has 5 rings (SSSR count). The fraction of sp³-hybridized carbons (Fsp3) is 0.0741. The third kappa shape index (κ3) is 5.39. The quantitative estimate of drug-likeness (QED) is 0.183. The van der Waals surface area contributed by atoms with E-state index in [1.165, 1.54) is 24.3 Å². The van der Waals surface area contributed by atoms with Crippen LogP contribution in [-0.4, -0.2) is 25.4 Å². The number of carbonyl (C=O) groups is 1. The minimum Gasteiger partial charge on any atom is -0.457 e. The van der Waals surface area contributed by atoms with Gasteiger partial charge in [-0.05, 0) is 37.3 Å². The number of nitrogens with zero attached hydrogens (tertiary/aromatic N) is 4. The van der Waals surface area contributed by atoms with Crippen LogP contribution in [0.3, 0.4) is 0 Å². The number of nitro groups is 1. The van der Waals surface area contributed by atoms with E-state index in [0.29, 0.717) is 5.56 Å². The molecule has 0 unspecified atom stereocenters. The molecule has 2 heterocycles. The number of fused-ring (bicyclic) bond motifs is 1. The van der Waals surface area contributed by atoms with Gasteiger partial charge in [-0.15, -0.1) is 0 Å². The molecule has 0 spiro atoms. The fourth-order valence-corrected chi connectivity index (χ4v) is 3.83. The third-order valence-corrected chi connectivity index (χ3v) is 5.72. The smallest absolute Gasteiger partial charge is 0.280 e. The lowest BCUT2D eigenvalue weighted by Gasteiger charge is -2.10. The van der Waals surface area contributed by atoms with Gasteiger partial charge in [0.05, 0.1) is 28.6 Å². The Bertz CT molecular complexity index is 1700. The van der Waals surface area contributed by atoms with E-state index in [-0.39, 0.29) is 39.8 Å². The third-order valence-electron chi connectivity index (χ3n) is 5.72. The first-order chi connectivity index (χ1) is 18.7. The second-order valence-electron chi connectivity index (χ2n) is 8.51. The summed E-state index contributed by atoms with van der Waals surface area (Å²) in [5, 5.41) is 17.9. The van der Waals surface area contributed by atoms with Crippen LogP contribution in [0, 0.1) is 22.9 Å². The topological polar surface area (TPSA) is 112 Å². The van der Waals surface area contributed by atoms with Crippen molar-refractivity contribution < 1.29 is 27.6 Å². The number of amides is 1. The SMILES string of the molecule is Cc1ccc(-c2cc(C(F)F)n3ncc(C(=O)Nc4cc(Oc5ccc(F)cc5)cc([N+](=O)[O-])c4)c3n2)cc1. The van der Waals surface area contributed by atoms with E-state index in [1.54, 1.807) is 24.3 Å². The van der Waals surface area contributed by atoms with Crippen LogP contribution in [0.25, 0.3) is 16.9 Å². The molecule has 0 aliphatic rings. The lowest BCUT2D eigenvalue weighted by Crippen LogP contribution is -2.13. The van der Waals surface area contributed by atoms with Crippen LogP contribution < -0.4 is 10.1 Å². The predicted molar refractivity (Wildman–Crippen MR) is 136 cm³/mol. The maximum atomic E-state index is 13.9. The molecule has 0 atom stereocenters. The Hall–Kier alpha value is -5.26. The second kappa shape index (κ2) is 10.2. The standard InChI is InChI=1S/C27H18F3N5O4/c1-15-2-4-16(5-3-15)23-13-24(25(29)30)34-26(33-23)22(14-31-34)27(36)32-18-10-19(35(37)38)12-21(11-18)39-20-8-6-17(28)7-9-20/h2-14,25H,1H3,(H,32,36). The number of halogens is 3. The Morgan fingerprint density at radius 1 is 1.03 bits per heavy atom. The second-order valence-corrected chi connectivity index (χ2v) is 8.51. The predicted octanol–water partition coefficient (Wildman–Crippen LogP) is 6.73. The number of hydrogen-bond donors (Lipinski definition) is 1. The van der Waals surface area contributed by atoms with Crippen molar-refractivity contribution in [3.63, 3.8) is 0 Å². The van der Waals surface area contributed by atoms with Crippen molar-refractivity contribution in [1.82, 2.24) is 14.6 Å². The van der Waals surface area contributed by atoms with Gasteiger partial charge in [-0.25, -0.2) is 22.7 Å². The number of carbonyl (C=O) groups excluding carboxylic acids is 1. The summed E-state index contributed by atoms with van der Waals surface area (Å²) in [5.74, 6) is -1.06. The van der Waals surface area contributed by atoms with E-state index in [9.17, 15) is 28.1 Å². The highest BCUT2D eigenvalue weighted by atomic mass is 19.3. The highest BCUT2D eigenvalue weighted by molar-refractivity contribution is 6.08. The fourth-order valence-electron chi connectivity index (χ4n) is 3.83. The molecule has 2 aromatic heterocycles. The van der Waals surface area contributed by atoms with Crippen LogP contribution in [0.15, 0.2) is 79.0 Å². The van der Waals surface area contributed by atoms with Gasteiger partial charge in [-0.1, -0.05) is 29.8 Å². The van der Waals surface area contributed by atoms with Crippen molar-refractivity contribution in [1.29, 1.82) is 0 Å². The number of hydrogen-bond acceptors (Lipinski definition) is 6. The molecule has 0 saturated heterocycles. The molecule has 0 radical (unpaired) electrons. The monoisotopic (exact) mass is 533 g/mol. The van der Waals surface area contributed by atoms with Gasteiger partial charge in [-0.3, -0.25) is 14.9 Å². The Labute approximate surface area is 218 Å². The van der Waals surface area contributed by atoms with Crippen molar-refractivity contribution in [2.24, 2.45) is 0 Å². The van der Waals surface area contributed by atoms with Gasteiger partial charge in [-0.2, -0.15) is 5.10 Å². The maximum absolute atomic E-state index is 13.9. The van der Waals surface area contributed by atoms with Crippen LogP contribution in [-0.2, 0) is 0 Å². The number of nitro benzene ring substituents is 1. The lowest BCUT2D eigenvalue weighted by atomic mass is 10.1. The van der Waals surface area contributed by atoms with Crippen molar-refractivity contribution >= 4 is 22.9 Å². The van der Waals surface area contributed by atoms with Crippen molar-refractivity contribution in [3.05, 3.63) is 112 Å². The van der Waals surface area contributed by atoms with E-state index < -0.39 is 28.8 Å². The van der Waals surface area contributed by atoms with Crippen LogP contribution in [0.5, 0.6) is 11.5 Å². The molecule has 9 nitrogen and oxygen atoms in total. The largest absolute Gasteiger partial charge is 0.457 e. The van der Waals surface area contributed by atoms with Gasteiger partial charge in [0.2, 0.25) is 0 Å². The van der Waals surface area contributed by atoms with E-state index in [1.807, 2.05) is 6.92 Å². The highest BCUT2D eigenvalue weighted by Gasteiger charge is 2.22. The number of aryl methyl sites for hydroxylation is 1. The van der Waals surface area contributed by atoms with Crippen LogP contribution >= 0.6 is 0 Å². The minimum absolute atomic E-state index is 0.00515. The Morgan fingerprint density at radius 3 is 2.41 bits per heavy atom. The average molecular weight is 533 g/mol. The summed E-state index contributed by atoms with van der Waals surface area (Å²) in [4.78, 5) is 28.4. The number of anilines is 1. The molecular formula is C27H18F3N5O4. The minimum atomic E-state index is -2.90. The molecule has 0 fully saturated rings. The number of rotatable bonds is 7. The molecule has 0 aliphatic carbocycles. The highest BCUT2D eigenvalue weighted by Crippen LogP contribution is 2.31. The van der Waals surface area contributed by atoms with E-state index in [0.717, 1.165) is 40.5 Å².